The number of rotatable bonds is 5. The maximum atomic E-state index is 12.7. The van der Waals surface area contributed by atoms with Crippen LogP contribution in [0.4, 0.5) is 11.4 Å². The summed E-state index contributed by atoms with van der Waals surface area (Å²) in [4.78, 5) is 27.9. The molecule has 1 aliphatic heterocycles. The minimum Gasteiger partial charge on any atom is -0.495 e. The molecule has 0 saturated heterocycles. The first-order chi connectivity index (χ1) is 15.1. The van der Waals surface area contributed by atoms with Crippen LogP contribution in [0.15, 0.2) is 70.0 Å². The normalized spacial score (nSPS) is 13.5. The van der Waals surface area contributed by atoms with E-state index in [2.05, 4.69) is 5.32 Å². The number of benzene rings is 3. The van der Waals surface area contributed by atoms with E-state index in [9.17, 15) is 9.59 Å². The van der Waals surface area contributed by atoms with Gasteiger partial charge in [-0.3, -0.25) is 9.59 Å². The molecular formula is C24H20N2O4S. The molecule has 1 N–H and O–H groups in total. The van der Waals surface area contributed by atoms with Crippen molar-refractivity contribution in [2.45, 2.75) is 11.3 Å². The third-order valence-corrected chi connectivity index (χ3v) is 6.39. The van der Waals surface area contributed by atoms with Gasteiger partial charge in [-0.15, -0.1) is 11.8 Å². The first-order valence-corrected chi connectivity index (χ1v) is 10.9. The number of nitrogens with zero attached hydrogens (tertiary/aromatic N) is 1. The van der Waals surface area contributed by atoms with Gasteiger partial charge in [-0.25, -0.2) is 0 Å². The van der Waals surface area contributed by atoms with Crippen molar-refractivity contribution in [3.05, 3.63) is 60.7 Å². The van der Waals surface area contributed by atoms with Crippen molar-refractivity contribution >= 4 is 56.9 Å². The third kappa shape index (κ3) is 3.61. The van der Waals surface area contributed by atoms with E-state index in [4.69, 9.17) is 9.15 Å². The van der Waals surface area contributed by atoms with Crippen LogP contribution in [0.5, 0.6) is 5.75 Å². The zero-order chi connectivity index (χ0) is 21.4. The van der Waals surface area contributed by atoms with Crippen LogP contribution in [0.2, 0.25) is 0 Å². The van der Waals surface area contributed by atoms with Crippen LogP contribution in [0.1, 0.15) is 6.42 Å². The molecule has 0 fully saturated rings. The minimum absolute atomic E-state index is 0.0118. The second kappa shape index (κ2) is 8.00. The van der Waals surface area contributed by atoms with Crippen molar-refractivity contribution in [3.8, 4) is 5.75 Å². The number of para-hydroxylation sites is 2. The Hall–Kier alpha value is -3.45. The summed E-state index contributed by atoms with van der Waals surface area (Å²) in [6, 6.07) is 19.2. The van der Waals surface area contributed by atoms with Gasteiger partial charge in [-0.1, -0.05) is 30.3 Å². The van der Waals surface area contributed by atoms with Gasteiger partial charge in [0, 0.05) is 34.7 Å². The Bertz CT molecular complexity index is 1310. The summed E-state index contributed by atoms with van der Waals surface area (Å²) >= 11 is 1.53. The zero-order valence-corrected chi connectivity index (χ0v) is 17.7. The van der Waals surface area contributed by atoms with E-state index in [0.717, 1.165) is 26.9 Å². The number of furan rings is 1. The summed E-state index contributed by atoms with van der Waals surface area (Å²) in [5, 5.41) is 4.83. The average molecular weight is 433 g/mol. The van der Waals surface area contributed by atoms with E-state index in [0.29, 0.717) is 29.3 Å². The Balaban J connectivity index is 1.36. The van der Waals surface area contributed by atoms with Crippen LogP contribution in [-0.4, -0.2) is 31.2 Å². The molecule has 1 aromatic heterocycles. The molecule has 0 radical (unpaired) electrons. The van der Waals surface area contributed by atoms with Crippen LogP contribution in [-0.2, 0) is 9.59 Å². The summed E-state index contributed by atoms with van der Waals surface area (Å²) in [5.41, 5.74) is 2.86. The molecular weight excluding hydrogens is 412 g/mol. The van der Waals surface area contributed by atoms with E-state index < -0.39 is 0 Å². The molecule has 1 aliphatic rings. The maximum absolute atomic E-state index is 12.7. The van der Waals surface area contributed by atoms with Gasteiger partial charge < -0.3 is 19.4 Å². The molecule has 0 atom stereocenters. The average Bonchev–Trinajstić information content (AvgIpc) is 3.15. The summed E-state index contributed by atoms with van der Waals surface area (Å²) in [5.74, 6) is 0.757. The lowest BCUT2D eigenvalue weighted by molar-refractivity contribution is -0.117. The number of ether oxygens (including phenoxy) is 1. The number of carbonyl (C=O) groups excluding carboxylic acids is 2. The Kier molecular flexibility index (Phi) is 5.03. The van der Waals surface area contributed by atoms with Gasteiger partial charge in [-0.2, -0.15) is 0 Å². The number of hydrogen-bond donors (Lipinski definition) is 1. The number of hydrogen-bond acceptors (Lipinski definition) is 5. The molecule has 0 saturated carbocycles. The van der Waals surface area contributed by atoms with Crippen molar-refractivity contribution < 1.29 is 18.7 Å². The Morgan fingerprint density at radius 3 is 2.77 bits per heavy atom. The lowest BCUT2D eigenvalue weighted by Crippen LogP contribution is -2.37. The first-order valence-electron chi connectivity index (χ1n) is 9.95. The monoisotopic (exact) mass is 432 g/mol. The third-order valence-electron chi connectivity index (χ3n) is 5.34. The molecule has 7 heteroatoms. The van der Waals surface area contributed by atoms with E-state index in [1.54, 1.807) is 18.1 Å². The standard InChI is InChI=1S/C24H20N2O4S/c1-29-21-12-16-15-6-2-4-8-19(15)30-20(16)13-17(21)25-23(27)10-11-26-18-7-3-5-9-22(18)31-14-24(26)28/h2-9,12-13H,10-11,14H2,1H3,(H,25,27). The molecule has 0 spiro atoms. The van der Waals surface area contributed by atoms with Crippen molar-refractivity contribution in [1.82, 2.24) is 0 Å². The quantitative estimate of drug-likeness (QED) is 0.477. The topological polar surface area (TPSA) is 71.8 Å². The SMILES string of the molecule is COc1cc2c(cc1NC(=O)CCN1C(=O)CSc3ccccc31)oc1ccccc12. The van der Waals surface area contributed by atoms with Crippen molar-refractivity contribution in [2.75, 3.05) is 29.6 Å². The zero-order valence-electron chi connectivity index (χ0n) is 16.9. The number of carbonyl (C=O) groups is 2. The van der Waals surface area contributed by atoms with E-state index >= 15 is 0 Å². The molecule has 5 rings (SSSR count). The number of amides is 2. The number of methoxy groups -OCH3 is 1. The Labute approximate surface area is 183 Å². The van der Waals surface area contributed by atoms with Gasteiger partial charge in [0.25, 0.3) is 0 Å². The fraction of sp³-hybridized carbons (Fsp3) is 0.167. The maximum Gasteiger partial charge on any atom is 0.237 e. The molecule has 156 valence electrons. The fourth-order valence-corrected chi connectivity index (χ4v) is 4.78. The van der Waals surface area contributed by atoms with Gasteiger partial charge in [-0.05, 0) is 24.3 Å². The molecule has 0 aliphatic carbocycles. The van der Waals surface area contributed by atoms with Crippen LogP contribution >= 0.6 is 11.8 Å². The van der Waals surface area contributed by atoms with E-state index in [1.165, 1.54) is 11.8 Å². The number of thioether (sulfide) groups is 1. The molecule has 2 amide bonds. The molecule has 0 unspecified atom stereocenters. The highest BCUT2D eigenvalue weighted by molar-refractivity contribution is 8.00. The second-order valence-electron chi connectivity index (χ2n) is 7.25. The minimum atomic E-state index is -0.197. The van der Waals surface area contributed by atoms with Crippen molar-refractivity contribution in [3.63, 3.8) is 0 Å². The van der Waals surface area contributed by atoms with Crippen LogP contribution in [0.25, 0.3) is 21.9 Å². The highest BCUT2D eigenvalue weighted by Crippen LogP contribution is 2.37. The molecule has 31 heavy (non-hydrogen) atoms. The molecule has 0 bridgehead atoms. The second-order valence-corrected chi connectivity index (χ2v) is 8.26. The van der Waals surface area contributed by atoms with E-state index in [-0.39, 0.29) is 18.2 Å². The smallest absolute Gasteiger partial charge is 0.237 e. The summed E-state index contributed by atoms with van der Waals surface area (Å²) in [6.07, 6.45) is 0.173. The molecule has 6 nitrogen and oxygen atoms in total. The lowest BCUT2D eigenvalue weighted by atomic mass is 10.1. The van der Waals surface area contributed by atoms with Crippen LogP contribution in [0, 0.1) is 0 Å². The Morgan fingerprint density at radius 2 is 1.90 bits per heavy atom. The Morgan fingerprint density at radius 1 is 1.10 bits per heavy atom. The van der Waals surface area contributed by atoms with Gasteiger partial charge in [0.2, 0.25) is 11.8 Å². The summed E-state index contributed by atoms with van der Waals surface area (Å²) in [7, 11) is 1.57. The lowest BCUT2D eigenvalue weighted by Gasteiger charge is -2.28. The summed E-state index contributed by atoms with van der Waals surface area (Å²) < 4.78 is 11.4. The number of anilines is 2. The predicted molar refractivity (Wildman–Crippen MR) is 123 cm³/mol. The highest BCUT2D eigenvalue weighted by atomic mass is 32.2. The molecule has 2 heterocycles. The van der Waals surface area contributed by atoms with E-state index in [1.807, 2.05) is 54.6 Å². The summed E-state index contributed by atoms with van der Waals surface area (Å²) in [6.45, 7) is 0.317. The van der Waals surface area contributed by atoms with Gasteiger partial charge in [0.15, 0.2) is 0 Å². The first kappa shape index (κ1) is 19.5. The van der Waals surface area contributed by atoms with Crippen LogP contribution < -0.4 is 15.0 Å². The number of fused-ring (bicyclic) bond motifs is 4. The van der Waals surface area contributed by atoms with Crippen LogP contribution in [0.3, 0.4) is 0 Å². The van der Waals surface area contributed by atoms with Crippen molar-refractivity contribution in [1.29, 1.82) is 0 Å². The van der Waals surface area contributed by atoms with Gasteiger partial charge >= 0.3 is 0 Å². The van der Waals surface area contributed by atoms with Gasteiger partial charge in [0.05, 0.1) is 24.2 Å². The molecule has 4 aromatic rings. The van der Waals surface area contributed by atoms with Gasteiger partial charge in [0.1, 0.15) is 16.9 Å². The predicted octanol–water partition coefficient (Wildman–Crippen LogP) is 5.06. The largest absolute Gasteiger partial charge is 0.495 e. The molecule has 3 aromatic carbocycles. The van der Waals surface area contributed by atoms with Crippen molar-refractivity contribution in [2.24, 2.45) is 0 Å². The number of nitrogens with one attached hydrogen (secondary N) is 1. The highest BCUT2D eigenvalue weighted by Gasteiger charge is 2.25. The fourth-order valence-electron chi connectivity index (χ4n) is 3.84.